The monoisotopic (exact) mass is 316 g/mol. The molecule has 1 aliphatic rings. The Hall–Kier alpha value is -0.650. The van der Waals surface area contributed by atoms with Crippen LogP contribution in [0.5, 0.6) is 0 Å². The van der Waals surface area contributed by atoms with E-state index >= 15 is 0 Å². The lowest BCUT2D eigenvalue weighted by atomic mass is 10.2. The van der Waals surface area contributed by atoms with Gasteiger partial charge in [0.1, 0.15) is 5.82 Å². The molecule has 1 aromatic carbocycles. The molecule has 5 heteroatoms. The minimum atomic E-state index is -0.230. The van der Waals surface area contributed by atoms with E-state index in [9.17, 15) is 4.39 Å². The van der Waals surface area contributed by atoms with Gasteiger partial charge in [-0.05, 0) is 47.6 Å². The third-order valence-electron chi connectivity index (χ3n) is 3.13. The molecule has 2 rings (SSSR count). The molecule has 1 aromatic rings. The number of nitrogens with one attached hydrogen (secondary N) is 1. The Morgan fingerprint density at radius 1 is 1.56 bits per heavy atom. The largest absolute Gasteiger partial charge is 0.382 e. The van der Waals surface area contributed by atoms with Gasteiger partial charge in [-0.25, -0.2) is 4.39 Å². The molecular formula is C13H18BrFN2O. The van der Waals surface area contributed by atoms with Crippen molar-refractivity contribution in [3.63, 3.8) is 0 Å². The summed E-state index contributed by atoms with van der Waals surface area (Å²) in [5.41, 5.74) is 1.85. The van der Waals surface area contributed by atoms with Crippen molar-refractivity contribution in [2.45, 2.75) is 13.0 Å². The second-order valence-corrected chi connectivity index (χ2v) is 5.57. The Labute approximate surface area is 115 Å². The SMILES string of the molecule is Cc1cc(F)c(Br)cc1NCC1CN(C)CCO1. The zero-order valence-electron chi connectivity index (χ0n) is 10.7. The zero-order chi connectivity index (χ0) is 13.1. The van der Waals surface area contributed by atoms with Crippen LogP contribution in [0.25, 0.3) is 0 Å². The fourth-order valence-electron chi connectivity index (χ4n) is 2.05. The minimum Gasteiger partial charge on any atom is -0.382 e. The van der Waals surface area contributed by atoms with E-state index in [0.29, 0.717) is 4.47 Å². The van der Waals surface area contributed by atoms with E-state index in [1.54, 1.807) is 6.07 Å². The van der Waals surface area contributed by atoms with E-state index in [1.807, 2.05) is 6.92 Å². The number of anilines is 1. The maximum atomic E-state index is 13.3. The molecule has 0 amide bonds. The third-order valence-corrected chi connectivity index (χ3v) is 3.74. The standard InChI is InChI=1S/C13H18BrFN2O/c1-9-5-12(15)11(14)6-13(9)16-7-10-8-17(2)3-4-18-10/h5-6,10,16H,3-4,7-8H2,1-2H3. The Bertz CT molecular complexity index is 428. The number of hydrogen-bond acceptors (Lipinski definition) is 3. The van der Waals surface area contributed by atoms with Crippen molar-refractivity contribution in [1.29, 1.82) is 0 Å². The van der Waals surface area contributed by atoms with Crippen molar-refractivity contribution in [2.75, 3.05) is 38.6 Å². The molecule has 1 heterocycles. The van der Waals surface area contributed by atoms with E-state index in [2.05, 4.69) is 33.2 Å². The minimum absolute atomic E-state index is 0.187. The normalized spacial score (nSPS) is 21.0. The van der Waals surface area contributed by atoms with Crippen LogP contribution in [0.2, 0.25) is 0 Å². The number of aryl methyl sites for hydroxylation is 1. The van der Waals surface area contributed by atoms with Crippen LogP contribution in [0, 0.1) is 12.7 Å². The summed E-state index contributed by atoms with van der Waals surface area (Å²) in [7, 11) is 2.09. The Kier molecular flexibility index (Phi) is 4.59. The molecule has 1 aliphatic heterocycles. The third kappa shape index (κ3) is 3.43. The molecule has 1 atom stereocenters. The lowest BCUT2D eigenvalue weighted by Crippen LogP contribution is -2.43. The lowest BCUT2D eigenvalue weighted by molar-refractivity contribution is -0.0117. The topological polar surface area (TPSA) is 24.5 Å². The second kappa shape index (κ2) is 5.99. The maximum absolute atomic E-state index is 13.3. The van der Waals surface area contributed by atoms with Gasteiger partial charge in [0.05, 0.1) is 17.2 Å². The predicted molar refractivity (Wildman–Crippen MR) is 74.6 cm³/mol. The molecule has 100 valence electrons. The fraction of sp³-hybridized carbons (Fsp3) is 0.538. The highest BCUT2D eigenvalue weighted by molar-refractivity contribution is 9.10. The highest BCUT2D eigenvalue weighted by Gasteiger charge is 2.17. The van der Waals surface area contributed by atoms with Crippen LogP contribution < -0.4 is 5.32 Å². The number of halogens is 2. The molecule has 0 aromatic heterocycles. The van der Waals surface area contributed by atoms with Gasteiger partial charge in [-0.1, -0.05) is 0 Å². The number of nitrogens with zero attached hydrogens (tertiary/aromatic N) is 1. The van der Waals surface area contributed by atoms with Crippen molar-refractivity contribution < 1.29 is 9.13 Å². The molecule has 3 nitrogen and oxygen atoms in total. The summed E-state index contributed by atoms with van der Waals surface area (Å²) >= 11 is 3.20. The van der Waals surface area contributed by atoms with Gasteiger partial charge in [0.25, 0.3) is 0 Å². The van der Waals surface area contributed by atoms with Crippen LogP contribution in [-0.4, -0.2) is 44.3 Å². The Morgan fingerprint density at radius 2 is 2.33 bits per heavy atom. The van der Waals surface area contributed by atoms with Gasteiger partial charge in [-0.3, -0.25) is 0 Å². The highest BCUT2D eigenvalue weighted by Crippen LogP contribution is 2.24. The first-order valence-corrected chi connectivity index (χ1v) is 6.85. The zero-order valence-corrected chi connectivity index (χ0v) is 12.3. The summed E-state index contributed by atoms with van der Waals surface area (Å²) in [6.07, 6.45) is 0.187. The van der Waals surface area contributed by atoms with Gasteiger partial charge >= 0.3 is 0 Å². The first-order valence-electron chi connectivity index (χ1n) is 6.06. The number of benzene rings is 1. The molecule has 0 radical (unpaired) electrons. The van der Waals surface area contributed by atoms with E-state index in [4.69, 9.17) is 4.74 Å². The van der Waals surface area contributed by atoms with Crippen molar-refractivity contribution >= 4 is 21.6 Å². The number of likely N-dealkylation sites (N-methyl/N-ethyl adjacent to an activating group) is 1. The molecule has 0 saturated carbocycles. The van der Waals surface area contributed by atoms with Gasteiger partial charge in [0.15, 0.2) is 0 Å². The van der Waals surface area contributed by atoms with E-state index < -0.39 is 0 Å². The van der Waals surface area contributed by atoms with E-state index in [1.165, 1.54) is 6.07 Å². The van der Waals surface area contributed by atoms with Gasteiger partial charge in [0, 0.05) is 25.3 Å². The quantitative estimate of drug-likeness (QED) is 0.927. The van der Waals surface area contributed by atoms with Crippen LogP contribution >= 0.6 is 15.9 Å². The summed E-state index contributed by atoms with van der Waals surface area (Å²) in [6, 6.07) is 3.30. The fourth-order valence-corrected chi connectivity index (χ4v) is 2.39. The van der Waals surface area contributed by atoms with E-state index in [-0.39, 0.29) is 11.9 Å². The maximum Gasteiger partial charge on any atom is 0.137 e. The number of ether oxygens (including phenoxy) is 1. The average Bonchev–Trinajstić information content (AvgIpc) is 2.32. The van der Waals surface area contributed by atoms with Crippen LogP contribution in [0.3, 0.4) is 0 Å². The smallest absolute Gasteiger partial charge is 0.137 e. The number of hydrogen-bond donors (Lipinski definition) is 1. The van der Waals surface area contributed by atoms with Crippen molar-refractivity contribution in [1.82, 2.24) is 4.90 Å². The summed E-state index contributed by atoms with van der Waals surface area (Å²) < 4.78 is 19.5. The summed E-state index contributed by atoms with van der Waals surface area (Å²) in [5.74, 6) is -0.230. The molecule has 1 unspecified atom stereocenters. The average molecular weight is 317 g/mol. The molecule has 0 spiro atoms. The molecule has 0 aliphatic carbocycles. The number of rotatable bonds is 3. The lowest BCUT2D eigenvalue weighted by Gasteiger charge is -2.30. The van der Waals surface area contributed by atoms with Crippen LogP contribution in [0.1, 0.15) is 5.56 Å². The Morgan fingerprint density at radius 3 is 3.06 bits per heavy atom. The van der Waals surface area contributed by atoms with Crippen LogP contribution in [0.4, 0.5) is 10.1 Å². The first kappa shape index (κ1) is 13.8. The van der Waals surface area contributed by atoms with Crippen LogP contribution in [0.15, 0.2) is 16.6 Å². The summed E-state index contributed by atoms with van der Waals surface area (Å²) in [6.45, 7) is 5.32. The van der Waals surface area contributed by atoms with Gasteiger partial charge < -0.3 is 15.0 Å². The van der Waals surface area contributed by atoms with Gasteiger partial charge in [0.2, 0.25) is 0 Å². The molecule has 1 saturated heterocycles. The second-order valence-electron chi connectivity index (χ2n) is 4.72. The van der Waals surface area contributed by atoms with Crippen LogP contribution in [-0.2, 0) is 4.74 Å². The van der Waals surface area contributed by atoms with Crippen molar-refractivity contribution in [2.24, 2.45) is 0 Å². The Balaban J connectivity index is 1.95. The molecule has 0 bridgehead atoms. The molecule has 1 fully saturated rings. The molecule has 1 N–H and O–H groups in total. The summed E-state index contributed by atoms with van der Waals surface area (Å²) in [5, 5.41) is 3.32. The number of morpholine rings is 1. The van der Waals surface area contributed by atoms with Crippen molar-refractivity contribution in [3.05, 3.63) is 28.0 Å². The molecule has 18 heavy (non-hydrogen) atoms. The van der Waals surface area contributed by atoms with Gasteiger partial charge in [-0.2, -0.15) is 0 Å². The first-order chi connectivity index (χ1) is 8.56. The van der Waals surface area contributed by atoms with Crippen molar-refractivity contribution in [3.8, 4) is 0 Å². The predicted octanol–water partition coefficient (Wildman–Crippen LogP) is 2.64. The van der Waals surface area contributed by atoms with E-state index in [0.717, 1.165) is 37.5 Å². The highest BCUT2D eigenvalue weighted by atomic mass is 79.9. The molecular weight excluding hydrogens is 299 g/mol. The van der Waals surface area contributed by atoms with Gasteiger partial charge in [-0.15, -0.1) is 0 Å². The summed E-state index contributed by atoms with van der Waals surface area (Å²) in [4.78, 5) is 2.25.